The molecule has 2 aromatic carbocycles. The van der Waals surface area contributed by atoms with E-state index in [0.29, 0.717) is 11.7 Å². The highest BCUT2D eigenvalue weighted by Gasteiger charge is 2.27. The standard InChI is InChI=1S/C18H21N3O2/c1-14-6-5-7-16(12-14)20-11-10-19(13-15(20)2)17-8-3-4-9-18(17)21(22)23/h3-9,12,15H,10-11,13H2,1-2H3/t15-/m0/s1. The lowest BCUT2D eigenvalue weighted by molar-refractivity contribution is -0.384. The van der Waals surface area contributed by atoms with Crippen LogP contribution in [0.25, 0.3) is 0 Å². The van der Waals surface area contributed by atoms with Crippen LogP contribution in [-0.4, -0.2) is 30.6 Å². The normalized spacial score (nSPS) is 18.1. The van der Waals surface area contributed by atoms with Gasteiger partial charge in [-0.3, -0.25) is 10.1 Å². The Hall–Kier alpha value is -2.56. The van der Waals surface area contributed by atoms with Gasteiger partial charge in [0.1, 0.15) is 5.69 Å². The first-order chi connectivity index (χ1) is 11.1. The molecule has 0 amide bonds. The summed E-state index contributed by atoms with van der Waals surface area (Å²) in [5.41, 5.74) is 3.37. The zero-order chi connectivity index (χ0) is 16.4. The number of nitro groups is 1. The average Bonchev–Trinajstić information content (AvgIpc) is 2.54. The number of rotatable bonds is 3. The zero-order valence-electron chi connectivity index (χ0n) is 13.5. The average molecular weight is 311 g/mol. The van der Waals surface area contributed by atoms with Gasteiger partial charge < -0.3 is 9.80 Å². The van der Waals surface area contributed by atoms with E-state index >= 15 is 0 Å². The van der Waals surface area contributed by atoms with E-state index in [4.69, 9.17) is 0 Å². The van der Waals surface area contributed by atoms with Gasteiger partial charge in [0.05, 0.1) is 4.92 Å². The van der Waals surface area contributed by atoms with Crippen molar-refractivity contribution in [3.05, 3.63) is 64.2 Å². The third-order valence-electron chi connectivity index (χ3n) is 4.38. The van der Waals surface area contributed by atoms with Crippen molar-refractivity contribution in [1.82, 2.24) is 0 Å². The topological polar surface area (TPSA) is 49.6 Å². The van der Waals surface area contributed by atoms with Crippen LogP contribution in [0.4, 0.5) is 17.1 Å². The first-order valence-corrected chi connectivity index (χ1v) is 7.88. The van der Waals surface area contributed by atoms with Crippen molar-refractivity contribution in [2.45, 2.75) is 19.9 Å². The molecular weight excluding hydrogens is 290 g/mol. The van der Waals surface area contributed by atoms with E-state index in [9.17, 15) is 10.1 Å². The molecule has 5 nitrogen and oxygen atoms in total. The second kappa shape index (κ2) is 6.28. The summed E-state index contributed by atoms with van der Waals surface area (Å²) in [7, 11) is 0. The number of hydrogen-bond acceptors (Lipinski definition) is 4. The van der Waals surface area contributed by atoms with E-state index in [-0.39, 0.29) is 10.6 Å². The Balaban J connectivity index is 1.80. The fourth-order valence-electron chi connectivity index (χ4n) is 3.25. The lowest BCUT2D eigenvalue weighted by atomic mass is 10.1. The molecule has 1 saturated heterocycles. The van der Waals surface area contributed by atoms with E-state index in [1.165, 1.54) is 11.3 Å². The maximum absolute atomic E-state index is 11.2. The van der Waals surface area contributed by atoms with Crippen LogP contribution < -0.4 is 9.80 Å². The fraction of sp³-hybridized carbons (Fsp3) is 0.333. The molecule has 3 rings (SSSR count). The monoisotopic (exact) mass is 311 g/mol. The van der Waals surface area contributed by atoms with Gasteiger partial charge in [0, 0.05) is 37.4 Å². The molecule has 5 heteroatoms. The molecule has 2 aromatic rings. The minimum atomic E-state index is -0.299. The first kappa shape index (κ1) is 15.3. The Morgan fingerprint density at radius 1 is 1.13 bits per heavy atom. The Morgan fingerprint density at radius 3 is 2.61 bits per heavy atom. The van der Waals surface area contributed by atoms with E-state index in [2.05, 4.69) is 47.9 Å². The van der Waals surface area contributed by atoms with Gasteiger partial charge in [-0.25, -0.2) is 0 Å². The molecule has 0 radical (unpaired) electrons. The van der Waals surface area contributed by atoms with Crippen LogP contribution in [0.1, 0.15) is 12.5 Å². The second-order valence-electron chi connectivity index (χ2n) is 6.07. The van der Waals surface area contributed by atoms with Gasteiger partial charge in [-0.1, -0.05) is 24.3 Å². The molecular formula is C18H21N3O2. The quantitative estimate of drug-likeness (QED) is 0.642. The van der Waals surface area contributed by atoms with Crippen molar-refractivity contribution in [3.8, 4) is 0 Å². The summed E-state index contributed by atoms with van der Waals surface area (Å²) in [4.78, 5) is 15.4. The summed E-state index contributed by atoms with van der Waals surface area (Å²) >= 11 is 0. The van der Waals surface area contributed by atoms with Crippen LogP contribution in [0.5, 0.6) is 0 Å². The highest BCUT2D eigenvalue weighted by molar-refractivity contribution is 5.64. The van der Waals surface area contributed by atoms with Crippen LogP contribution in [0.2, 0.25) is 0 Å². The molecule has 1 fully saturated rings. The van der Waals surface area contributed by atoms with E-state index in [0.717, 1.165) is 19.6 Å². The van der Waals surface area contributed by atoms with Crippen LogP contribution >= 0.6 is 0 Å². The van der Waals surface area contributed by atoms with Gasteiger partial charge >= 0.3 is 0 Å². The number of nitrogens with zero attached hydrogens (tertiary/aromatic N) is 3. The number of nitro benzene ring substituents is 1. The molecule has 1 aliphatic rings. The Kier molecular flexibility index (Phi) is 4.19. The molecule has 1 aliphatic heterocycles. The number of benzene rings is 2. The van der Waals surface area contributed by atoms with Crippen molar-refractivity contribution in [1.29, 1.82) is 0 Å². The van der Waals surface area contributed by atoms with E-state index in [1.807, 2.05) is 12.1 Å². The van der Waals surface area contributed by atoms with E-state index < -0.39 is 0 Å². The molecule has 1 atom stereocenters. The van der Waals surface area contributed by atoms with Gasteiger partial charge in [-0.15, -0.1) is 0 Å². The minimum Gasteiger partial charge on any atom is -0.365 e. The summed E-state index contributed by atoms with van der Waals surface area (Å²) in [6.45, 7) is 6.68. The summed E-state index contributed by atoms with van der Waals surface area (Å²) in [5, 5.41) is 11.2. The summed E-state index contributed by atoms with van der Waals surface area (Å²) < 4.78 is 0. The maximum Gasteiger partial charge on any atom is 0.292 e. The zero-order valence-corrected chi connectivity index (χ0v) is 13.5. The Morgan fingerprint density at radius 2 is 1.91 bits per heavy atom. The molecule has 0 unspecified atom stereocenters. The van der Waals surface area contributed by atoms with Gasteiger partial charge in [-0.05, 0) is 37.6 Å². The summed E-state index contributed by atoms with van der Waals surface area (Å²) in [6.07, 6.45) is 0. The molecule has 0 saturated carbocycles. The smallest absolute Gasteiger partial charge is 0.292 e. The largest absolute Gasteiger partial charge is 0.365 e. The maximum atomic E-state index is 11.2. The van der Waals surface area contributed by atoms with Gasteiger partial charge in [0.15, 0.2) is 0 Å². The Labute approximate surface area is 136 Å². The van der Waals surface area contributed by atoms with Crippen molar-refractivity contribution >= 4 is 17.1 Å². The molecule has 0 bridgehead atoms. The predicted octanol–water partition coefficient (Wildman–Crippen LogP) is 3.62. The van der Waals surface area contributed by atoms with Crippen LogP contribution in [0, 0.1) is 17.0 Å². The molecule has 0 spiro atoms. The predicted molar refractivity (Wildman–Crippen MR) is 93.3 cm³/mol. The number of anilines is 2. The van der Waals surface area contributed by atoms with Crippen molar-refractivity contribution in [2.75, 3.05) is 29.4 Å². The number of hydrogen-bond donors (Lipinski definition) is 0. The third kappa shape index (κ3) is 3.13. The molecule has 0 aromatic heterocycles. The van der Waals surface area contributed by atoms with Gasteiger partial charge in [0.25, 0.3) is 5.69 Å². The molecule has 1 heterocycles. The molecule has 23 heavy (non-hydrogen) atoms. The van der Waals surface area contributed by atoms with Crippen molar-refractivity contribution < 1.29 is 4.92 Å². The SMILES string of the molecule is Cc1cccc(N2CCN(c3ccccc3[N+](=O)[O-])C[C@@H]2C)c1. The van der Waals surface area contributed by atoms with E-state index in [1.54, 1.807) is 12.1 Å². The molecule has 0 aliphatic carbocycles. The summed E-state index contributed by atoms with van der Waals surface area (Å²) in [5.74, 6) is 0. The lowest BCUT2D eigenvalue weighted by Gasteiger charge is -2.42. The number of piperazine rings is 1. The lowest BCUT2D eigenvalue weighted by Crippen LogP contribution is -2.52. The highest BCUT2D eigenvalue weighted by atomic mass is 16.6. The van der Waals surface area contributed by atoms with Crippen molar-refractivity contribution in [3.63, 3.8) is 0 Å². The van der Waals surface area contributed by atoms with Crippen LogP contribution in [0.3, 0.4) is 0 Å². The number of aryl methyl sites for hydroxylation is 1. The molecule has 0 N–H and O–H groups in total. The first-order valence-electron chi connectivity index (χ1n) is 7.88. The molecule has 120 valence electrons. The Bertz CT molecular complexity index is 717. The fourth-order valence-corrected chi connectivity index (χ4v) is 3.25. The van der Waals surface area contributed by atoms with Crippen LogP contribution in [0.15, 0.2) is 48.5 Å². The summed E-state index contributed by atoms with van der Waals surface area (Å²) in [6, 6.07) is 15.8. The minimum absolute atomic E-state index is 0.184. The van der Waals surface area contributed by atoms with Gasteiger partial charge in [-0.2, -0.15) is 0 Å². The third-order valence-corrected chi connectivity index (χ3v) is 4.38. The highest BCUT2D eigenvalue weighted by Crippen LogP contribution is 2.30. The second-order valence-corrected chi connectivity index (χ2v) is 6.07. The van der Waals surface area contributed by atoms with Crippen LogP contribution in [-0.2, 0) is 0 Å². The van der Waals surface area contributed by atoms with Crippen molar-refractivity contribution in [2.24, 2.45) is 0 Å². The number of para-hydroxylation sites is 2. The van der Waals surface area contributed by atoms with Gasteiger partial charge in [0.2, 0.25) is 0 Å².